The molecule has 0 amide bonds. The molecule has 0 saturated carbocycles. The van der Waals surface area contributed by atoms with Crippen molar-refractivity contribution in [3.05, 3.63) is 29.3 Å². The standard InChI is InChI=1S/C10H13BO5/c1-15-6-8-5-7(10(12)16-2)3-4-9(8)11(13)14/h3-5,13-14H,6H2,1-2H3. The van der Waals surface area contributed by atoms with Gasteiger partial charge < -0.3 is 19.5 Å². The van der Waals surface area contributed by atoms with Crippen molar-refractivity contribution in [2.24, 2.45) is 0 Å². The smallest absolute Gasteiger partial charge is 0.465 e. The predicted molar refractivity (Wildman–Crippen MR) is 58.3 cm³/mol. The van der Waals surface area contributed by atoms with Crippen LogP contribution in [0.5, 0.6) is 0 Å². The Kier molecular flexibility index (Phi) is 4.48. The maximum atomic E-state index is 11.3. The molecule has 1 aromatic rings. The Bertz CT molecular complexity index is 377. The van der Waals surface area contributed by atoms with Gasteiger partial charge in [0.2, 0.25) is 0 Å². The zero-order valence-electron chi connectivity index (χ0n) is 9.14. The number of ether oxygens (including phenoxy) is 2. The molecule has 0 unspecified atom stereocenters. The summed E-state index contributed by atoms with van der Waals surface area (Å²) in [6, 6.07) is 4.45. The Labute approximate surface area is 93.8 Å². The molecule has 0 aromatic heterocycles. The third kappa shape index (κ3) is 2.82. The highest BCUT2D eigenvalue weighted by Crippen LogP contribution is 2.06. The first-order chi connectivity index (χ1) is 7.60. The average Bonchev–Trinajstić information content (AvgIpc) is 2.28. The van der Waals surface area contributed by atoms with Crippen LogP contribution < -0.4 is 5.46 Å². The van der Waals surface area contributed by atoms with E-state index in [1.54, 1.807) is 0 Å². The Hall–Kier alpha value is -1.37. The summed E-state index contributed by atoms with van der Waals surface area (Å²) in [5.74, 6) is -0.476. The molecule has 1 rings (SSSR count). The summed E-state index contributed by atoms with van der Waals surface area (Å²) >= 11 is 0. The Morgan fingerprint density at radius 1 is 1.38 bits per heavy atom. The van der Waals surface area contributed by atoms with Crippen LogP contribution in [0.1, 0.15) is 15.9 Å². The first-order valence-corrected chi connectivity index (χ1v) is 4.66. The van der Waals surface area contributed by atoms with Gasteiger partial charge in [-0.15, -0.1) is 0 Å². The van der Waals surface area contributed by atoms with Gasteiger partial charge in [-0.3, -0.25) is 0 Å². The van der Waals surface area contributed by atoms with Crippen molar-refractivity contribution in [1.82, 2.24) is 0 Å². The molecular weight excluding hydrogens is 211 g/mol. The molecule has 0 bridgehead atoms. The van der Waals surface area contributed by atoms with E-state index >= 15 is 0 Å². The van der Waals surface area contributed by atoms with Gasteiger partial charge in [0.1, 0.15) is 0 Å². The van der Waals surface area contributed by atoms with Crippen LogP contribution in [0.15, 0.2) is 18.2 Å². The molecule has 0 saturated heterocycles. The van der Waals surface area contributed by atoms with Crippen LogP contribution in [0.25, 0.3) is 0 Å². The van der Waals surface area contributed by atoms with E-state index in [-0.39, 0.29) is 6.61 Å². The lowest BCUT2D eigenvalue weighted by Crippen LogP contribution is -2.33. The summed E-state index contributed by atoms with van der Waals surface area (Å²) in [5.41, 5.74) is 1.20. The molecule has 0 spiro atoms. The lowest BCUT2D eigenvalue weighted by molar-refractivity contribution is 0.0600. The number of carbonyl (C=O) groups excluding carboxylic acids is 1. The van der Waals surface area contributed by atoms with Crippen LogP contribution in [0.3, 0.4) is 0 Å². The van der Waals surface area contributed by atoms with Crippen LogP contribution >= 0.6 is 0 Å². The topological polar surface area (TPSA) is 76.0 Å². The fourth-order valence-electron chi connectivity index (χ4n) is 1.38. The molecule has 86 valence electrons. The van der Waals surface area contributed by atoms with Gasteiger partial charge in [0.25, 0.3) is 0 Å². The Balaban J connectivity index is 3.11. The maximum Gasteiger partial charge on any atom is 0.488 e. The number of hydrogen-bond acceptors (Lipinski definition) is 5. The summed E-state index contributed by atoms with van der Waals surface area (Å²) in [4.78, 5) is 11.3. The summed E-state index contributed by atoms with van der Waals surface area (Å²) in [7, 11) is 1.18. The molecule has 0 aliphatic carbocycles. The van der Waals surface area contributed by atoms with Crippen molar-refractivity contribution >= 4 is 18.6 Å². The largest absolute Gasteiger partial charge is 0.488 e. The van der Waals surface area contributed by atoms with Gasteiger partial charge in [0.05, 0.1) is 19.3 Å². The number of carbonyl (C=O) groups is 1. The van der Waals surface area contributed by atoms with E-state index in [4.69, 9.17) is 14.8 Å². The van der Waals surface area contributed by atoms with E-state index in [1.165, 1.54) is 32.4 Å². The zero-order chi connectivity index (χ0) is 12.1. The van der Waals surface area contributed by atoms with Gasteiger partial charge >= 0.3 is 13.1 Å². The quantitative estimate of drug-likeness (QED) is 0.522. The first-order valence-electron chi connectivity index (χ1n) is 4.66. The van der Waals surface area contributed by atoms with Crippen LogP contribution in [0.4, 0.5) is 0 Å². The number of esters is 1. The van der Waals surface area contributed by atoms with Crippen LogP contribution in [-0.4, -0.2) is 37.4 Å². The fraction of sp³-hybridized carbons (Fsp3) is 0.300. The highest BCUT2D eigenvalue weighted by atomic mass is 16.5. The molecular formula is C10H13BO5. The number of rotatable bonds is 4. The summed E-state index contributed by atoms with van der Waals surface area (Å²) < 4.78 is 9.48. The van der Waals surface area contributed by atoms with E-state index < -0.39 is 13.1 Å². The zero-order valence-corrected chi connectivity index (χ0v) is 9.14. The minimum atomic E-state index is -1.59. The lowest BCUT2D eigenvalue weighted by Gasteiger charge is -2.09. The van der Waals surface area contributed by atoms with Crippen LogP contribution in [-0.2, 0) is 16.1 Å². The van der Waals surface area contributed by atoms with Gasteiger partial charge in [0.15, 0.2) is 0 Å². The summed E-state index contributed by atoms with van der Waals surface area (Å²) in [6.45, 7) is 0.192. The predicted octanol–water partition coefficient (Wildman–Crippen LogP) is -0.701. The summed E-state index contributed by atoms with van der Waals surface area (Å²) in [6.07, 6.45) is 0. The molecule has 0 atom stereocenters. The SMILES string of the molecule is COCc1cc(C(=O)OC)ccc1B(O)O. The second-order valence-electron chi connectivity index (χ2n) is 3.21. The van der Waals surface area contributed by atoms with Gasteiger partial charge in [-0.1, -0.05) is 6.07 Å². The average molecular weight is 224 g/mol. The molecule has 6 heteroatoms. The van der Waals surface area contributed by atoms with E-state index in [2.05, 4.69) is 4.74 Å². The second-order valence-corrected chi connectivity index (χ2v) is 3.21. The highest BCUT2D eigenvalue weighted by Gasteiger charge is 2.17. The monoisotopic (exact) mass is 224 g/mol. The van der Waals surface area contributed by atoms with Gasteiger partial charge in [0, 0.05) is 7.11 Å². The van der Waals surface area contributed by atoms with Crippen LogP contribution in [0.2, 0.25) is 0 Å². The third-order valence-corrected chi connectivity index (χ3v) is 2.14. The van der Waals surface area contributed by atoms with Crippen molar-refractivity contribution in [3.63, 3.8) is 0 Å². The molecule has 1 aromatic carbocycles. The molecule has 0 aliphatic rings. The first kappa shape index (κ1) is 12.7. The molecule has 0 fully saturated rings. The van der Waals surface area contributed by atoms with Crippen molar-refractivity contribution in [2.45, 2.75) is 6.61 Å². The van der Waals surface area contributed by atoms with E-state index in [0.717, 1.165) is 0 Å². The molecule has 16 heavy (non-hydrogen) atoms. The van der Waals surface area contributed by atoms with E-state index in [9.17, 15) is 4.79 Å². The molecule has 2 N–H and O–H groups in total. The third-order valence-electron chi connectivity index (χ3n) is 2.14. The lowest BCUT2D eigenvalue weighted by atomic mass is 9.76. The van der Waals surface area contributed by atoms with Crippen LogP contribution in [0, 0.1) is 0 Å². The molecule has 5 nitrogen and oxygen atoms in total. The summed E-state index contributed by atoms with van der Waals surface area (Å²) in [5, 5.41) is 18.2. The Morgan fingerprint density at radius 2 is 2.06 bits per heavy atom. The van der Waals surface area contributed by atoms with Gasteiger partial charge in [-0.2, -0.15) is 0 Å². The Morgan fingerprint density at radius 3 is 2.56 bits per heavy atom. The van der Waals surface area contributed by atoms with Gasteiger partial charge in [-0.05, 0) is 23.2 Å². The van der Waals surface area contributed by atoms with Crippen molar-refractivity contribution in [3.8, 4) is 0 Å². The van der Waals surface area contributed by atoms with Gasteiger partial charge in [-0.25, -0.2) is 4.79 Å². The maximum absolute atomic E-state index is 11.3. The number of benzene rings is 1. The minimum Gasteiger partial charge on any atom is -0.465 e. The number of methoxy groups -OCH3 is 2. The fourth-order valence-corrected chi connectivity index (χ4v) is 1.38. The van der Waals surface area contributed by atoms with E-state index in [1.807, 2.05) is 0 Å². The molecule has 0 aliphatic heterocycles. The van der Waals surface area contributed by atoms with Crippen molar-refractivity contribution < 1.29 is 24.3 Å². The van der Waals surface area contributed by atoms with Crippen molar-refractivity contribution in [1.29, 1.82) is 0 Å². The van der Waals surface area contributed by atoms with Crippen molar-refractivity contribution in [2.75, 3.05) is 14.2 Å². The normalized spacial score (nSPS) is 10.0. The molecule has 0 heterocycles. The number of hydrogen-bond donors (Lipinski definition) is 2. The van der Waals surface area contributed by atoms with E-state index in [0.29, 0.717) is 16.6 Å². The highest BCUT2D eigenvalue weighted by molar-refractivity contribution is 6.59. The molecule has 0 radical (unpaired) electrons. The minimum absolute atomic E-state index is 0.192. The second kappa shape index (κ2) is 5.65.